The van der Waals surface area contributed by atoms with Crippen molar-refractivity contribution in [3.05, 3.63) is 95.6 Å². The van der Waals surface area contributed by atoms with Crippen LogP contribution in [0.4, 0.5) is 0 Å². The number of hydrogen-bond acceptors (Lipinski definition) is 1. The van der Waals surface area contributed by atoms with Crippen molar-refractivity contribution in [2.45, 2.75) is 12.8 Å². The third-order valence-corrected chi connectivity index (χ3v) is 4.72. The minimum Gasteiger partial charge on any atom is -0.298 e. The van der Waals surface area contributed by atoms with Gasteiger partial charge in [-0.15, -0.1) is 0 Å². The Balaban J connectivity index is 1.71. The summed E-state index contributed by atoms with van der Waals surface area (Å²) in [6, 6.07) is 27.2. The molecule has 0 aliphatic carbocycles. The van der Waals surface area contributed by atoms with Gasteiger partial charge in [-0.2, -0.15) is 0 Å². The Morgan fingerprint density at radius 1 is 0.583 bits per heavy atom. The van der Waals surface area contributed by atoms with Gasteiger partial charge in [0.1, 0.15) is 0 Å². The van der Waals surface area contributed by atoms with Gasteiger partial charge >= 0.3 is 0 Å². The first-order valence-electron chi connectivity index (χ1n) is 8.29. The molecule has 0 bridgehead atoms. The number of carbonyl (C=O) groups is 1. The Kier molecular flexibility index (Phi) is 3.84. The summed E-state index contributed by atoms with van der Waals surface area (Å²) in [5.74, 6) is 0. The van der Waals surface area contributed by atoms with Crippen molar-refractivity contribution in [3.8, 4) is 0 Å². The molecule has 1 nitrogen and oxygen atoms in total. The third kappa shape index (κ3) is 2.59. The van der Waals surface area contributed by atoms with Gasteiger partial charge in [0.05, 0.1) is 0 Å². The van der Waals surface area contributed by atoms with Gasteiger partial charge in [-0.25, -0.2) is 0 Å². The average molecular weight is 310 g/mol. The van der Waals surface area contributed by atoms with Gasteiger partial charge in [0.15, 0.2) is 6.29 Å². The molecule has 4 aromatic rings. The molecule has 4 rings (SSSR count). The zero-order chi connectivity index (χ0) is 16.4. The van der Waals surface area contributed by atoms with Crippen LogP contribution in [0.5, 0.6) is 0 Å². The SMILES string of the molecule is O=Cc1c(CCc2cccc3ccccc23)ccc2ccccc12. The maximum Gasteiger partial charge on any atom is 0.150 e. The fraction of sp³-hybridized carbons (Fsp3) is 0.0870. The summed E-state index contributed by atoms with van der Waals surface area (Å²) in [7, 11) is 0. The van der Waals surface area contributed by atoms with E-state index >= 15 is 0 Å². The van der Waals surface area contributed by atoms with Crippen LogP contribution >= 0.6 is 0 Å². The van der Waals surface area contributed by atoms with E-state index < -0.39 is 0 Å². The Bertz CT molecular complexity index is 1020. The van der Waals surface area contributed by atoms with Crippen LogP contribution in [0.1, 0.15) is 21.5 Å². The van der Waals surface area contributed by atoms with Crippen molar-refractivity contribution in [3.63, 3.8) is 0 Å². The summed E-state index contributed by atoms with van der Waals surface area (Å²) in [6.07, 6.45) is 2.80. The van der Waals surface area contributed by atoms with Crippen LogP contribution in [0.3, 0.4) is 0 Å². The zero-order valence-corrected chi connectivity index (χ0v) is 13.4. The van der Waals surface area contributed by atoms with E-state index in [9.17, 15) is 4.79 Å². The van der Waals surface area contributed by atoms with E-state index in [1.807, 2.05) is 18.2 Å². The molecule has 0 heterocycles. The van der Waals surface area contributed by atoms with Crippen LogP contribution in [-0.2, 0) is 12.8 Å². The summed E-state index contributed by atoms with van der Waals surface area (Å²) >= 11 is 0. The summed E-state index contributed by atoms with van der Waals surface area (Å²) in [5, 5.41) is 4.73. The quantitative estimate of drug-likeness (QED) is 0.449. The molecule has 24 heavy (non-hydrogen) atoms. The van der Waals surface area contributed by atoms with Crippen molar-refractivity contribution in [2.24, 2.45) is 0 Å². The predicted molar refractivity (Wildman–Crippen MR) is 101 cm³/mol. The van der Waals surface area contributed by atoms with Crippen molar-refractivity contribution < 1.29 is 4.79 Å². The van der Waals surface area contributed by atoms with E-state index in [2.05, 4.69) is 60.7 Å². The molecule has 0 fully saturated rings. The van der Waals surface area contributed by atoms with Crippen LogP contribution in [0, 0.1) is 0 Å². The standard InChI is InChI=1S/C23H18O/c24-16-23-20(15-13-19-7-2-4-11-22(19)23)14-12-18-9-5-8-17-6-1-3-10-21(17)18/h1-11,13,15-16H,12,14H2. The molecule has 0 aliphatic heterocycles. The molecule has 1 heteroatoms. The first kappa shape index (κ1) is 14.6. The number of aryl methyl sites for hydroxylation is 2. The van der Waals surface area contributed by atoms with E-state index in [4.69, 9.17) is 0 Å². The van der Waals surface area contributed by atoms with Crippen molar-refractivity contribution in [2.75, 3.05) is 0 Å². The van der Waals surface area contributed by atoms with Gasteiger partial charge in [0.25, 0.3) is 0 Å². The number of carbonyl (C=O) groups excluding carboxylic acids is 1. The van der Waals surface area contributed by atoms with Crippen molar-refractivity contribution >= 4 is 27.8 Å². The molecule has 0 amide bonds. The second-order valence-corrected chi connectivity index (χ2v) is 6.12. The van der Waals surface area contributed by atoms with E-state index in [0.717, 1.165) is 41.0 Å². The normalized spacial score (nSPS) is 11.0. The topological polar surface area (TPSA) is 17.1 Å². The molecule has 0 aliphatic rings. The lowest BCUT2D eigenvalue weighted by Gasteiger charge is -2.10. The number of aldehydes is 1. The van der Waals surface area contributed by atoms with Gasteiger partial charge < -0.3 is 0 Å². The van der Waals surface area contributed by atoms with E-state index in [-0.39, 0.29) is 0 Å². The van der Waals surface area contributed by atoms with Crippen molar-refractivity contribution in [1.29, 1.82) is 0 Å². The van der Waals surface area contributed by atoms with Gasteiger partial charge in [-0.3, -0.25) is 4.79 Å². The molecule has 0 atom stereocenters. The van der Waals surface area contributed by atoms with Crippen LogP contribution in [0.15, 0.2) is 78.9 Å². The maximum atomic E-state index is 11.7. The molecule has 0 saturated carbocycles. The molecule has 116 valence electrons. The van der Waals surface area contributed by atoms with E-state index in [1.54, 1.807) is 0 Å². The molecule has 0 aromatic heterocycles. The molecule has 0 radical (unpaired) electrons. The summed E-state index contributed by atoms with van der Waals surface area (Å²) < 4.78 is 0. The smallest absolute Gasteiger partial charge is 0.150 e. The highest BCUT2D eigenvalue weighted by molar-refractivity contribution is 5.99. The second-order valence-electron chi connectivity index (χ2n) is 6.12. The van der Waals surface area contributed by atoms with Crippen LogP contribution < -0.4 is 0 Å². The van der Waals surface area contributed by atoms with E-state index in [0.29, 0.717) is 0 Å². The fourth-order valence-electron chi connectivity index (χ4n) is 3.48. The largest absolute Gasteiger partial charge is 0.298 e. The summed E-state index contributed by atoms with van der Waals surface area (Å²) in [6.45, 7) is 0. The van der Waals surface area contributed by atoms with Gasteiger partial charge in [-0.1, -0.05) is 78.9 Å². The number of hydrogen-bond donors (Lipinski definition) is 0. The van der Waals surface area contributed by atoms with Gasteiger partial charge in [-0.05, 0) is 45.5 Å². The lowest BCUT2D eigenvalue weighted by molar-refractivity contribution is 0.112. The molecular formula is C23H18O. The third-order valence-electron chi connectivity index (χ3n) is 4.72. The first-order chi connectivity index (χ1) is 11.9. The van der Waals surface area contributed by atoms with Gasteiger partial charge in [0.2, 0.25) is 0 Å². The second kappa shape index (κ2) is 6.29. The highest BCUT2D eigenvalue weighted by atomic mass is 16.1. The van der Waals surface area contributed by atoms with E-state index in [1.165, 1.54) is 16.3 Å². The van der Waals surface area contributed by atoms with Crippen LogP contribution in [0.2, 0.25) is 0 Å². The number of benzene rings is 4. The summed E-state index contributed by atoms with van der Waals surface area (Å²) in [4.78, 5) is 11.7. The minimum atomic E-state index is 0.827. The Morgan fingerprint density at radius 2 is 1.21 bits per heavy atom. The molecular weight excluding hydrogens is 292 g/mol. The van der Waals surface area contributed by atoms with Crippen molar-refractivity contribution in [1.82, 2.24) is 0 Å². The lowest BCUT2D eigenvalue weighted by Crippen LogP contribution is -1.98. The maximum absolute atomic E-state index is 11.7. The first-order valence-corrected chi connectivity index (χ1v) is 8.29. The lowest BCUT2D eigenvalue weighted by atomic mass is 9.94. The molecule has 0 saturated heterocycles. The highest BCUT2D eigenvalue weighted by Crippen LogP contribution is 2.24. The van der Waals surface area contributed by atoms with Crippen LogP contribution in [0.25, 0.3) is 21.5 Å². The van der Waals surface area contributed by atoms with Gasteiger partial charge in [0, 0.05) is 5.56 Å². The summed E-state index contributed by atoms with van der Waals surface area (Å²) in [5.41, 5.74) is 3.28. The average Bonchev–Trinajstić information content (AvgIpc) is 2.65. The monoisotopic (exact) mass is 310 g/mol. The molecule has 0 N–H and O–H groups in total. The minimum absolute atomic E-state index is 0.827. The molecule has 0 spiro atoms. The number of fused-ring (bicyclic) bond motifs is 2. The Labute approximate surface area is 141 Å². The highest BCUT2D eigenvalue weighted by Gasteiger charge is 2.08. The Hall–Kier alpha value is -2.93. The predicted octanol–water partition coefficient (Wildman–Crippen LogP) is 5.59. The Morgan fingerprint density at radius 3 is 2.00 bits per heavy atom. The zero-order valence-electron chi connectivity index (χ0n) is 13.4. The fourth-order valence-corrected chi connectivity index (χ4v) is 3.48. The molecule has 0 unspecified atom stereocenters. The number of rotatable bonds is 4. The van der Waals surface area contributed by atoms with Crippen LogP contribution in [-0.4, -0.2) is 6.29 Å². The molecule has 4 aromatic carbocycles.